The van der Waals surface area contributed by atoms with Crippen LogP contribution in [0.3, 0.4) is 0 Å². The summed E-state index contributed by atoms with van der Waals surface area (Å²) in [6.07, 6.45) is -0.253. The smallest absolute Gasteiger partial charge is 0.223 e. The molecule has 1 fully saturated rings. The van der Waals surface area contributed by atoms with Gasteiger partial charge in [-0.05, 0) is 34.6 Å². The molecule has 0 aromatic rings. The van der Waals surface area contributed by atoms with Crippen LogP contribution in [0, 0.1) is 17.2 Å². The summed E-state index contributed by atoms with van der Waals surface area (Å²) in [5.41, 5.74) is 0. The van der Waals surface area contributed by atoms with Gasteiger partial charge in [-0.1, -0.05) is 6.90 Å². The molecule has 3 atom stereocenters. The van der Waals surface area contributed by atoms with E-state index in [2.05, 4.69) is 38.7 Å². The van der Waals surface area contributed by atoms with Crippen molar-refractivity contribution >= 4 is 11.7 Å². The fraction of sp³-hybridized carbons (Fsp3) is 0.850. The second-order valence-corrected chi connectivity index (χ2v) is 7.66. The summed E-state index contributed by atoms with van der Waals surface area (Å²) >= 11 is 0. The third-order valence-electron chi connectivity index (χ3n) is 4.63. The Hall–Kier alpha value is -1.49. The van der Waals surface area contributed by atoms with Crippen molar-refractivity contribution < 1.29 is 20.4 Å². The Morgan fingerprint density at radius 3 is 2.44 bits per heavy atom. The highest BCUT2D eigenvalue weighted by molar-refractivity contribution is 5.83. The monoisotopic (exact) mass is 383 g/mol. The van der Waals surface area contributed by atoms with E-state index >= 15 is 0 Å². The number of carbonyl (C=O) groups is 2. The average Bonchev–Trinajstić information content (AvgIpc) is 3.02. The second-order valence-electron chi connectivity index (χ2n) is 7.66. The minimum Gasteiger partial charge on any atom is -0.340 e. The number of likely N-dealkylation sites (tertiary alicyclic amines) is 1. The maximum Gasteiger partial charge on any atom is 0.223 e. The van der Waals surface area contributed by atoms with E-state index < -0.39 is 6.41 Å². The van der Waals surface area contributed by atoms with Gasteiger partial charge in [0, 0.05) is 45.3 Å². The van der Waals surface area contributed by atoms with E-state index in [1.54, 1.807) is 4.90 Å². The molecule has 7 heteroatoms. The number of Topliss-reactive ketones (excluding diaryl/α,β-unsaturated/α-hetero) is 1. The predicted octanol–water partition coefficient (Wildman–Crippen LogP) is 2.55. The quantitative estimate of drug-likeness (QED) is 0.403. The normalized spacial score (nSPS) is 21.6. The zero-order chi connectivity index (χ0) is 21.3. The molecule has 1 heterocycles. The number of rotatable bonds is 11. The number of ketones is 1. The van der Waals surface area contributed by atoms with Crippen molar-refractivity contribution in [2.75, 3.05) is 19.7 Å². The zero-order valence-corrected chi connectivity index (χ0v) is 17.3. The predicted molar refractivity (Wildman–Crippen MR) is 103 cm³/mol. The van der Waals surface area contributed by atoms with Gasteiger partial charge in [0.25, 0.3) is 0 Å². The molecule has 1 amide bonds. The van der Waals surface area contributed by atoms with Gasteiger partial charge in [0.15, 0.2) is 0 Å². The van der Waals surface area contributed by atoms with Crippen LogP contribution in [-0.2, 0) is 19.1 Å². The van der Waals surface area contributed by atoms with Gasteiger partial charge in [-0.2, -0.15) is 5.26 Å². The summed E-state index contributed by atoms with van der Waals surface area (Å²) in [7, 11) is 0. The molecule has 1 aliphatic rings. The summed E-state index contributed by atoms with van der Waals surface area (Å²) in [5, 5.41) is 8.81. The highest BCUT2D eigenvalue weighted by Gasteiger charge is 2.37. The van der Waals surface area contributed by atoms with Gasteiger partial charge < -0.3 is 19.2 Å². The Morgan fingerprint density at radius 1 is 1.26 bits per heavy atom. The van der Waals surface area contributed by atoms with E-state index in [0.29, 0.717) is 13.1 Å². The number of hydrogen-bond donors (Lipinski definition) is 0. The van der Waals surface area contributed by atoms with Crippen LogP contribution in [0.2, 0.25) is 0 Å². The largest absolute Gasteiger partial charge is 0.340 e. The van der Waals surface area contributed by atoms with Crippen molar-refractivity contribution in [3.05, 3.63) is 0 Å². The lowest BCUT2D eigenvalue weighted by Crippen LogP contribution is -2.50. The minimum absolute atomic E-state index is 0.00662. The van der Waals surface area contributed by atoms with Gasteiger partial charge in [-0.25, -0.2) is 0 Å². The SMILES string of the molecule is [3H]C[C@@H]1CN(C(=O)CCC(C)=O)C[C@@H]1OC(OCCC#N)N(C(C)C)C(C)C. The second kappa shape index (κ2) is 11.4. The maximum absolute atomic E-state index is 12.4. The zero-order valence-electron chi connectivity index (χ0n) is 18.3. The van der Waals surface area contributed by atoms with Crippen molar-refractivity contribution in [2.24, 2.45) is 5.92 Å². The molecule has 0 aromatic heterocycles. The molecule has 1 aliphatic heterocycles. The molecule has 154 valence electrons. The van der Waals surface area contributed by atoms with Crippen LogP contribution in [0.1, 0.15) is 62.2 Å². The first-order chi connectivity index (χ1) is 13.2. The first-order valence-electron chi connectivity index (χ1n) is 10.4. The third-order valence-corrected chi connectivity index (χ3v) is 4.63. The summed E-state index contributed by atoms with van der Waals surface area (Å²) < 4.78 is 20.0. The van der Waals surface area contributed by atoms with Gasteiger partial charge in [-0.15, -0.1) is 0 Å². The molecular formula is C20H35N3O4. The number of hydrogen-bond acceptors (Lipinski definition) is 6. The molecule has 0 aromatic carbocycles. The Kier molecular flexibility index (Phi) is 9.19. The molecule has 0 spiro atoms. The van der Waals surface area contributed by atoms with E-state index in [4.69, 9.17) is 16.1 Å². The molecule has 1 unspecified atom stereocenters. The molecule has 0 bridgehead atoms. The van der Waals surface area contributed by atoms with E-state index in [9.17, 15) is 9.59 Å². The molecule has 0 saturated carbocycles. The van der Waals surface area contributed by atoms with E-state index in [1.807, 2.05) is 0 Å². The van der Waals surface area contributed by atoms with Crippen LogP contribution in [0.25, 0.3) is 0 Å². The van der Waals surface area contributed by atoms with Crippen LogP contribution in [0.15, 0.2) is 0 Å². The molecule has 0 aliphatic carbocycles. The third kappa shape index (κ3) is 7.57. The summed E-state index contributed by atoms with van der Waals surface area (Å²) in [6.45, 7) is 11.0. The average molecular weight is 384 g/mol. The number of ether oxygens (including phenoxy) is 2. The van der Waals surface area contributed by atoms with Crippen molar-refractivity contribution in [2.45, 2.75) is 85.4 Å². The standard InChI is InChI=1S/C20H35N3O4/c1-14(2)23(15(3)4)20(26-11-7-10-21)27-18-13-22(12-16(18)5)19(25)9-8-17(6)24/h14-16,18,20H,7-9,11-13H2,1-6H3/t16-,18+,20?/m1/s1/i5T. The van der Waals surface area contributed by atoms with Crippen molar-refractivity contribution in [3.63, 3.8) is 0 Å². The number of amides is 1. The van der Waals surface area contributed by atoms with E-state index in [0.717, 1.165) is 0 Å². The Bertz CT molecular complexity index is 542. The number of carbonyl (C=O) groups excluding carboxylic acids is 2. The lowest BCUT2D eigenvalue weighted by atomic mass is 10.1. The highest BCUT2D eigenvalue weighted by Crippen LogP contribution is 2.25. The summed E-state index contributed by atoms with van der Waals surface area (Å²) in [5.74, 6) is -0.191. The Balaban J connectivity index is 2.85. The summed E-state index contributed by atoms with van der Waals surface area (Å²) in [4.78, 5) is 27.3. The van der Waals surface area contributed by atoms with Crippen molar-refractivity contribution in [1.82, 2.24) is 9.80 Å². The number of nitrogens with zero attached hydrogens (tertiary/aromatic N) is 3. The molecule has 7 nitrogen and oxygen atoms in total. The van der Waals surface area contributed by atoms with Crippen molar-refractivity contribution in [1.29, 1.82) is 5.26 Å². The van der Waals surface area contributed by atoms with Gasteiger partial charge in [0.05, 0.1) is 25.2 Å². The van der Waals surface area contributed by atoms with Gasteiger partial charge in [0.2, 0.25) is 12.3 Å². The molecule has 1 rings (SSSR count). The van der Waals surface area contributed by atoms with E-state index in [1.165, 1.54) is 6.92 Å². The van der Waals surface area contributed by atoms with Crippen LogP contribution in [-0.4, -0.2) is 65.8 Å². The first kappa shape index (κ1) is 21.8. The van der Waals surface area contributed by atoms with Gasteiger partial charge in [-0.3, -0.25) is 9.69 Å². The van der Waals surface area contributed by atoms with Crippen molar-refractivity contribution in [3.8, 4) is 6.07 Å². The molecule has 27 heavy (non-hydrogen) atoms. The fourth-order valence-electron chi connectivity index (χ4n) is 3.27. The van der Waals surface area contributed by atoms with E-state index in [-0.39, 0.29) is 68.6 Å². The summed E-state index contributed by atoms with van der Waals surface area (Å²) in [6, 6.07) is 2.40. The fourth-order valence-corrected chi connectivity index (χ4v) is 3.27. The topological polar surface area (TPSA) is 82.9 Å². The lowest BCUT2D eigenvalue weighted by Gasteiger charge is -2.38. The van der Waals surface area contributed by atoms with Crippen LogP contribution >= 0.6 is 0 Å². The minimum atomic E-state index is -0.639. The molecule has 0 radical (unpaired) electrons. The van der Waals surface area contributed by atoms with Crippen LogP contribution in [0.5, 0.6) is 0 Å². The first-order valence-corrected chi connectivity index (χ1v) is 9.69. The van der Waals surface area contributed by atoms with Crippen LogP contribution < -0.4 is 0 Å². The molecule has 0 N–H and O–H groups in total. The van der Waals surface area contributed by atoms with Crippen LogP contribution in [0.4, 0.5) is 0 Å². The number of nitriles is 1. The Morgan fingerprint density at radius 2 is 1.93 bits per heavy atom. The maximum atomic E-state index is 12.4. The Labute approximate surface area is 165 Å². The highest BCUT2D eigenvalue weighted by atomic mass is 16.7. The van der Waals surface area contributed by atoms with Gasteiger partial charge in [0.1, 0.15) is 5.78 Å². The molecular weight excluding hydrogens is 346 g/mol. The lowest BCUT2D eigenvalue weighted by molar-refractivity contribution is -0.261. The molecule has 1 saturated heterocycles. The van der Waals surface area contributed by atoms with Gasteiger partial charge >= 0.3 is 0 Å².